The molecule has 0 fully saturated rings. The number of benzene rings is 2. The van der Waals surface area contributed by atoms with Crippen LogP contribution >= 0.6 is 22.6 Å². The van der Waals surface area contributed by atoms with E-state index < -0.39 is 0 Å². The number of anilines is 2. The minimum absolute atomic E-state index is 0.197. The molecule has 1 aliphatic rings. The first-order valence-electron chi connectivity index (χ1n) is 6.27. The molecule has 0 saturated carbocycles. The van der Waals surface area contributed by atoms with E-state index in [-0.39, 0.29) is 5.82 Å². The molecular weight excluding hydrogens is 354 g/mol. The van der Waals surface area contributed by atoms with Gasteiger partial charge in [-0.15, -0.1) is 0 Å². The van der Waals surface area contributed by atoms with Crippen LogP contribution < -0.4 is 10.6 Å². The minimum Gasteiger partial charge on any atom is -0.384 e. The highest BCUT2D eigenvalue weighted by atomic mass is 127. The van der Waals surface area contributed by atoms with Crippen molar-refractivity contribution in [2.45, 2.75) is 13.0 Å². The van der Waals surface area contributed by atoms with E-state index in [0.29, 0.717) is 0 Å². The zero-order valence-electron chi connectivity index (χ0n) is 10.3. The lowest BCUT2D eigenvalue weighted by Gasteiger charge is -2.12. The van der Waals surface area contributed by atoms with Gasteiger partial charge in [0.25, 0.3) is 0 Å². The molecule has 0 unspecified atom stereocenters. The molecule has 0 saturated heterocycles. The molecule has 0 bridgehead atoms. The van der Waals surface area contributed by atoms with E-state index in [1.165, 1.54) is 28.9 Å². The predicted octanol–water partition coefficient (Wildman–Crippen LogP) is 4.01. The van der Waals surface area contributed by atoms with Crippen LogP contribution in [-0.4, -0.2) is 6.54 Å². The minimum atomic E-state index is -0.197. The Labute approximate surface area is 125 Å². The molecular formula is C15H14FIN2. The van der Waals surface area contributed by atoms with Crippen molar-refractivity contribution in [1.82, 2.24) is 0 Å². The summed E-state index contributed by atoms with van der Waals surface area (Å²) in [5, 5.41) is 6.80. The van der Waals surface area contributed by atoms with Crippen molar-refractivity contribution >= 4 is 34.0 Å². The maximum Gasteiger partial charge on any atom is 0.124 e. The fraction of sp³-hybridized carbons (Fsp3) is 0.200. The van der Waals surface area contributed by atoms with Crippen molar-refractivity contribution in [2.75, 3.05) is 17.2 Å². The van der Waals surface area contributed by atoms with Gasteiger partial charge in [-0.05, 0) is 58.3 Å². The van der Waals surface area contributed by atoms with Gasteiger partial charge in [-0.3, -0.25) is 0 Å². The Morgan fingerprint density at radius 1 is 1.26 bits per heavy atom. The van der Waals surface area contributed by atoms with E-state index in [1.807, 2.05) is 0 Å². The number of nitrogens with one attached hydrogen (secondary N) is 2. The zero-order valence-corrected chi connectivity index (χ0v) is 12.5. The highest BCUT2D eigenvalue weighted by Gasteiger charge is 2.13. The molecule has 0 aromatic heterocycles. The first kappa shape index (κ1) is 12.7. The van der Waals surface area contributed by atoms with Gasteiger partial charge < -0.3 is 10.6 Å². The van der Waals surface area contributed by atoms with Crippen molar-refractivity contribution < 1.29 is 4.39 Å². The van der Waals surface area contributed by atoms with Gasteiger partial charge in [-0.1, -0.05) is 18.2 Å². The van der Waals surface area contributed by atoms with E-state index in [9.17, 15) is 4.39 Å². The lowest BCUT2D eigenvalue weighted by atomic mass is 10.1. The number of fused-ring (bicyclic) bond motifs is 1. The normalized spacial score (nSPS) is 12.9. The van der Waals surface area contributed by atoms with E-state index in [4.69, 9.17) is 0 Å². The van der Waals surface area contributed by atoms with E-state index in [1.54, 1.807) is 6.07 Å². The maximum absolute atomic E-state index is 13.0. The summed E-state index contributed by atoms with van der Waals surface area (Å²) in [6.45, 7) is 1.76. The molecule has 2 nitrogen and oxygen atoms in total. The number of rotatable bonds is 3. The molecule has 0 spiro atoms. The Balaban J connectivity index is 1.78. The average molecular weight is 368 g/mol. The highest BCUT2D eigenvalue weighted by Crippen LogP contribution is 2.27. The first-order valence-corrected chi connectivity index (χ1v) is 7.35. The molecule has 2 aromatic rings. The second kappa shape index (κ2) is 5.36. The number of para-hydroxylation sites is 1. The fourth-order valence-electron chi connectivity index (χ4n) is 2.38. The lowest BCUT2D eigenvalue weighted by molar-refractivity contribution is 0.627. The summed E-state index contributed by atoms with van der Waals surface area (Å²) in [6, 6.07) is 11.2. The second-order valence-electron chi connectivity index (χ2n) is 4.61. The van der Waals surface area contributed by atoms with E-state index >= 15 is 0 Å². The van der Waals surface area contributed by atoms with Crippen molar-refractivity contribution in [3.8, 4) is 0 Å². The lowest BCUT2D eigenvalue weighted by Crippen LogP contribution is -2.04. The Bertz CT molecular complexity index is 613. The average Bonchev–Trinajstić information content (AvgIpc) is 2.86. The van der Waals surface area contributed by atoms with Gasteiger partial charge in [0.2, 0.25) is 0 Å². The monoisotopic (exact) mass is 368 g/mol. The predicted molar refractivity (Wildman–Crippen MR) is 85.1 cm³/mol. The third-order valence-corrected chi connectivity index (χ3v) is 4.23. The topological polar surface area (TPSA) is 24.1 Å². The molecule has 1 heterocycles. The van der Waals surface area contributed by atoms with Gasteiger partial charge in [-0.2, -0.15) is 0 Å². The summed E-state index contributed by atoms with van der Waals surface area (Å²) < 4.78 is 13.9. The SMILES string of the molecule is Fc1ccc(NCc2cccc3c2NCC3)c(I)c1. The van der Waals surface area contributed by atoms with Crippen LogP contribution in [0.2, 0.25) is 0 Å². The van der Waals surface area contributed by atoms with Crippen LogP contribution in [0.3, 0.4) is 0 Å². The summed E-state index contributed by atoms with van der Waals surface area (Å²) in [7, 11) is 0. The van der Waals surface area contributed by atoms with Crippen molar-refractivity contribution in [3.05, 3.63) is 56.9 Å². The van der Waals surface area contributed by atoms with Crippen molar-refractivity contribution in [3.63, 3.8) is 0 Å². The zero-order chi connectivity index (χ0) is 13.2. The van der Waals surface area contributed by atoms with Crippen LogP contribution in [0.4, 0.5) is 15.8 Å². The first-order chi connectivity index (χ1) is 9.24. The van der Waals surface area contributed by atoms with Crippen LogP contribution in [0.1, 0.15) is 11.1 Å². The Morgan fingerprint density at radius 3 is 3.00 bits per heavy atom. The summed E-state index contributed by atoms with van der Waals surface area (Å²) >= 11 is 2.15. The van der Waals surface area contributed by atoms with Gasteiger partial charge in [0, 0.05) is 28.0 Å². The van der Waals surface area contributed by atoms with E-state index in [2.05, 4.69) is 51.4 Å². The van der Waals surface area contributed by atoms with Crippen LogP contribution in [0.5, 0.6) is 0 Å². The Kier molecular flexibility index (Phi) is 3.59. The second-order valence-corrected chi connectivity index (χ2v) is 5.77. The molecule has 0 atom stereocenters. The molecule has 2 aromatic carbocycles. The molecule has 19 heavy (non-hydrogen) atoms. The van der Waals surface area contributed by atoms with Gasteiger partial charge in [0.15, 0.2) is 0 Å². The van der Waals surface area contributed by atoms with Crippen LogP contribution in [0, 0.1) is 9.39 Å². The smallest absolute Gasteiger partial charge is 0.124 e. The van der Waals surface area contributed by atoms with Crippen molar-refractivity contribution in [1.29, 1.82) is 0 Å². The van der Waals surface area contributed by atoms with Gasteiger partial charge in [0.05, 0.1) is 0 Å². The standard InChI is InChI=1S/C15H14FIN2/c16-12-4-5-14(13(17)8-12)19-9-11-3-1-2-10-6-7-18-15(10)11/h1-5,8,18-19H,6-7,9H2. The highest BCUT2D eigenvalue weighted by molar-refractivity contribution is 14.1. The molecule has 0 radical (unpaired) electrons. The third-order valence-electron chi connectivity index (χ3n) is 3.33. The Morgan fingerprint density at radius 2 is 2.16 bits per heavy atom. The molecule has 3 rings (SSSR count). The summed E-state index contributed by atoms with van der Waals surface area (Å²) in [5.74, 6) is -0.197. The molecule has 4 heteroatoms. The van der Waals surface area contributed by atoms with E-state index in [0.717, 1.165) is 28.8 Å². The number of hydrogen-bond donors (Lipinski definition) is 2. The quantitative estimate of drug-likeness (QED) is 0.800. The maximum atomic E-state index is 13.0. The molecule has 0 aliphatic carbocycles. The van der Waals surface area contributed by atoms with Gasteiger partial charge in [0.1, 0.15) is 5.82 Å². The Hall–Kier alpha value is -1.30. The largest absolute Gasteiger partial charge is 0.384 e. The van der Waals surface area contributed by atoms with Gasteiger partial charge >= 0.3 is 0 Å². The van der Waals surface area contributed by atoms with Crippen molar-refractivity contribution in [2.24, 2.45) is 0 Å². The molecule has 0 amide bonds. The number of halogens is 2. The summed E-state index contributed by atoms with van der Waals surface area (Å²) in [5.41, 5.74) is 4.87. The van der Waals surface area contributed by atoms with Crippen LogP contribution in [0.15, 0.2) is 36.4 Å². The molecule has 2 N–H and O–H groups in total. The fourth-order valence-corrected chi connectivity index (χ4v) is 3.05. The molecule has 1 aliphatic heterocycles. The van der Waals surface area contributed by atoms with Gasteiger partial charge in [-0.25, -0.2) is 4.39 Å². The third kappa shape index (κ3) is 2.68. The summed E-state index contributed by atoms with van der Waals surface area (Å²) in [4.78, 5) is 0. The van der Waals surface area contributed by atoms with Crippen LogP contribution in [-0.2, 0) is 13.0 Å². The van der Waals surface area contributed by atoms with Crippen LogP contribution in [0.25, 0.3) is 0 Å². The summed E-state index contributed by atoms with van der Waals surface area (Å²) in [6.07, 6.45) is 1.09. The number of hydrogen-bond acceptors (Lipinski definition) is 2. The molecule has 98 valence electrons.